The quantitative estimate of drug-likeness (QED) is 0.896. The fourth-order valence-electron chi connectivity index (χ4n) is 1.59. The third-order valence-corrected chi connectivity index (χ3v) is 3.99. The summed E-state index contributed by atoms with van der Waals surface area (Å²) in [4.78, 5) is 1.10. The third-order valence-electron chi connectivity index (χ3n) is 2.31. The van der Waals surface area contributed by atoms with Crippen molar-refractivity contribution < 1.29 is 9.13 Å². The predicted octanol–water partition coefficient (Wildman–Crippen LogP) is 3.95. The summed E-state index contributed by atoms with van der Waals surface area (Å²) in [6.07, 6.45) is 0. The van der Waals surface area contributed by atoms with E-state index in [0.29, 0.717) is 18.9 Å². The minimum Gasteiger partial charge on any atom is -0.488 e. The summed E-state index contributed by atoms with van der Waals surface area (Å²) in [6, 6.07) is 6.76. The van der Waals surface area contributed by atoms with E-state index >= 15 is 0 Å². The maximum Gasteiger partial charge on any atom is 0.127 e. The molecule has 18 heavy (non-hydrogen) atoms. The Morgan fingerprint density at radius 1 is 1.33 bits per heavy atom. The van der Waals surface area contributed by atoms with Gasteiger partial charge in [0.05, 0.1) is 0 Å². The van der Waals surface area contributed by atoms with E-state index in [9.17, 15) is 4.39 Å². The monoisotopic (exact) mass is 329 g/mol. The van der Waals surface area contributed by atoms with Gasteiger partial charge in [0.15, 0.2) is 0 Å². The highest BCUT2D eigenvalue weighted by Gasteiger charge is 2.03. The van der Waals surface area contributed by atoms with E-state index in [1.165, 1.54) is 12.1 Å². The van der Waals surface area contributed by atoms with Crippen LogP contribution in [0, 0.1) is 5.82 Å². The number of halogens is 2. The molecular weight excluding hydrogens is 317 g/mol. The molecule has 0 unspecified atom stereocenters. The van der Waals surface area contributed by atoms with E-state index in [4.69, 9.17) is 4.74 Å². The molecule has 2 nitrogen and oxygen atoms in total. The zero-order chi connectivity index (χ0) is 13.0. The van der Waals surface area contributed by atoms with Gasteiger partial charge >= 0.3 is 0 Å². The van der Waals surface area contributed by atoms with Crippen molar-refractivity contribution in [3.63, 3.8) is 0 Å². The molecule has 0 aliphatic rings. The third kappa shape index (κ3) is 3.80. The van der Waals surface area contributed by atoms with Crippen LogP contribution in [0.5, 0.6) is 5.75 Å². The van der Waals surface area contributed by atoms with Crippen LogP contribution >= 0.6 is 27.3 Å². The number of hydrogen-bond acceptors (Lipinski definition) is 3. The normalized spacial score (nSPS) is 10.6. The Morgan fingerprint density at radius 2 is 2.17 bits per heavy atom. The molecule has 96 valence electrons. The van der Waals surface area contributed by atoms with Gasteiger partial charge in [-0.3, -0.25) is 0 Å². The molecule has 0 amide bonds. The first-order valence-corrected chi connectivity index (χ1v) is 7.14. The molecule has 0 fully saturated rings. The predicted molar refractivity (Wildman–Crippen MR) is 75.5 cm³/mol. The summed E-state index contributed by atoms with van der Waals surface area (Å²) < 4.78 is 20.0. The van der Waals surface area contributed by atoms with Crippen LogP contribution in [0.15, 0.2) is 34.1 Å². The Labute approximate surface area is 118 Å². The van der Waals surface area contributed by atoms with Crippen molar-refractivity contribution in [2.45, 2.75) is 13.2 Å². The average Bonchev–Trinajstić information content (AvgIpc) is 2.72. The van der Waals surface area contributed by atoms with Crippen molar-refractivity contribution in [3.8, 4) is 5.75 Å². The Hall–Kier alpha value is -0.910. The summed E-state index contributed by atoms with van der Waals surface area (Å²) in [5, 5.41) is 4.99. The molecule has 5 heteroatoms. The Balaban J connectivity index is 2.04. The first-order chi connectivity index (χ1) is 8.67. The van der Waals surface area contributed by atoms with Crippen LogP contribution < -0.4 is 10.1 Å². The summed E-state index contributed by atoms with van der Waals surface area (Å²) in [5.74, 6) is 0.287. The lowest BCUT2D eigenvalue weighted by Crippen LogP contribution is -2.05. The van der Waals surface area contributed by atoms with Gasteiger partial charge in [-0.1, -0.05) is 0 Å². The first-order valence-electron chi connectivity index (χ1n) is 5.47. The van der Waals surface area contributed by atoms with E-state index in [-0.39, 0.29) is 5.82 Å². The van der Waals surface area contributed by atoms with E-state index in [1.54, 1.807) is 11.3 Å². The smallest absolute Gasteiger partial charge is 0.127 e. The Kier molecular flexibility index (Phi) is 4.74. The summed E-state index contributed by atoms with van der Waals surface area (Å²) in [5.41, 5.74) is 0.875. The summed E-state index contributed by atoms with van der Waals surface area (Å²) >= 11 is 5.00. The number of ether oxygens (including phenoxy) is 1. The van der Waals surface area contributed by atoms with Crippen molar-refractivity contribution in [2.75, 3.05) is 7.05 Å². The highest BCUT2D eigenvalue weighted by atomic mass is 79.9. The molecular formula is C13H13BrFNOS. The number of thiophene rings is 1. The summed E-state index contributed by atoms with van der Waals surface area (Å²) in [6.45, 7) is 1.08. The molecule has 1 aromatic heterocycles. The highest BCUT2D eigenvalue weighted by molar-refractivity contribution is 9.10. The SMILES string of the molecule is CNCc1cc(F)cc(OCc2cc(Br)cs2)c1. The second kappa shape index (κ2) is 6.31. The van der Waals surface area contributed by atoms with E-state index in [0.717, 1.165) is 14.9 Å². The van der Waals surface area contributed by atoms with Crippen molar-refractivity contribution in [1.29, 1.82) is 0 Å². The molecule has 0 bridgehead atoms. The lowest BCUT2D eigenvalue weighted by molar-refractivity contribution is 0.307. The van der Waals surface area contributed by atoms with Gasteiger partial charge < -0.3 is 10.1 Å². The van der Waals surface area contributed by atoms with Crippen molar-refractivity contribution in [1.82, 2.24) is 5.32 Å². The van der Waals surface area contributed by atoms with Gasteiger partial charge in [0.25, 0.3) is 0 Å². The van der Waals surface area contributed by atoms with Gasteiger partial charge in [0, 0.05) is 27.3 Å². The zero-order valence-electron chi connectivity index (χ0n) is 9.87. The maximum absolute atomic E-state index is 13.4. The molecule has 1 N–H and O–H groups in total. The standard InChI is InChI=1S/C13H13BrFNOS/c1-16-6-9-2-11(15)5-12(3-9)17-7-13-4-10(14)8-18-13/h2-5,8,16H,6-7H2,1H3. The number of hydrogen-bond donors (Lipinski definition) is 1. The molecule has 0 aliphatic heterocycles. The molecule has 0 spiro atoms. The molecule has 0 saturated carbocycles. The van der Waals surface area contributed by atoms with Crippen LogP contribution in [0.3, 0.4) is 0 Å². The molecule has 0 radical (unpaired) electrons. The van der Waals surface area contributed by atoms with Gasteiger partial charge in [0.2, 0.25) is 0 Å². The molecule has 0 saturated heterocycles. The van der Waals surface area contributed by atoms with E-state index < -0.39 is 0 Å². The van der Waals surface area contributed by atoms with Crippen LogP contribution in [0.2, 0.25) is 0 Å². The molecule has 1 heterocycles. The van der Waals surface area contributed by atoms with Crippen LogP contribution in [0.1, 0.15) is 10.4 Å². The van der Waals surface area contributed by atoms with Gasteiger partial charge in [-0.15, -0.1) is 11.3 Å². The molecule has 2 aromatic rings. The molecule has 1 aromatic carbocycles. The second-order valence-corrected chi connectivity index (χ2v) is 5.76. The average molecular weight is 330 g/mol. The topological polar surface area (TPSA) is 21.3 Å². The number of benzene rings is 1. The highest BCUT2D eigenvalue weighted by Crippen LogP contribution is 2.22. The molecule has 2 rings (SSSR count). The zero-order valence-corrected chi connectivity index (χ0v) is 12.3. The Bertz CT molecular complexity index is 529. The van der Waals surface area contributed by atoms with Crippen molar-refractivity contribution >= 4 is 27.3 Å². The first kappa shape index (κ1) is 13.5. The molecule has 0 atom stereocenters. The van der Waals surface area contributed by atoms with Crippen LogP contribution in [0.4, 0.5) is 4.39 Å². The fraction of sp³-hybridized carbons (Fsp3) is 0.231. The lowest BCUT2D eigenvalue weighted by atomic mass is 10.2. The van der Waals surface area contributed by atoms with Crippen molar-refractivity contribution in [3.05, 3.63) is 50.4 Å². The van der Waals surface area contributed by atoms with Gasteiger partial charge in [-0.05, 0) is 46.7 Å². The van der Waals surface area contributed by atoms with Gasteiger partial charge in [-0.25, -0.2) is 4.39 Å². The Morgan fingerprint density at radius 3 is 2.83 bits per heavy atom. The lowest BCUT2D eigenvalue weighted by Gasteiger charge is -2.07. The largest absolute Gasteiger partial charge is 0.488 e. The maximum atomic E-state index is 13.4. The minimum atomic E-state index is -0.273. The van der Waals surface area contributed by atoms with Crippen LogP contribution in [-0.2, 0) is 13.2 Å². The van der Waals surface area contributed by atoms with E-state index in [2.05, 4.69) is 21.2 Å². The van der Waals surface area contributed by atoms with Crippen LogP contribution in [0.25, 0.3) is 0 Å². The molecule has 0 aliphatic carbocycles. The number of rotatable bonds is 5. The second-order valence-electron chi connectivity index (χ2n) is 3.85. The summed E-state index contributed by atoms with van der Waals surface area (Å²) in [7, 11) is 1.83. The van der Waals surface area contributed by atoms with Crippen LogP contribution in [-0.4, -0.2) is 7.05 Å². The van der Waals surface area contributed by atoms with Gasteiger partial charge in [-0.2, -0.15) is 0 Å². The number of nitrogens with one attached hydrogen (secondary N) is 1. The van der Waals surface area contributed by atoms with Gasteiger partial charge in [0.1, 0.15) is 18.2 Å². The fourth-order valence-corrected chi connectivity index (χ4v) is 2.96. The van der Waals surface area contributed by atoms with E-state index in [1.807, 2.05) is 24.6 Å². The van der Waals surface area contributed by atoms with Crippen molar-refractivity contribution in [2.24, 2.45) is 0 Å². The minimum absolute atomic E-state index is 0.273.